The van der Waals surface area contributed by atoms with E-state index in [2.05, 4.69) is 35.5 Å². The smallest absolute Gasteiger partial charge is 0.263 e. The molecule has 0 atom stereocenters. The molecule has 1 aromatic rings. The van der Waals surface area contributed by atoms with Crippen molar-refractivity contribution in [1.82, 2.24) is 10.2 Å². The van der Waals surface area contributed by atoms with Crippen molar-refractivity contribution in [3.05, 3.63) is 10.4 Å². The van der Waals surface area contributed by atoms with E-state index in [4.69, 9.17) is 5.73 Å². The van der Waals surface area contributed by atoms with Crippen LogP contribution in [-0.4, -0.2) is 44.0 Å². The number of amides is 1. The first-order valence-corrected chi connectivity index (χ1v) is 7.91. The van der Waals surface area contributed by atoms with Crippen LogP contribution in [0.1, 0.15) is 35.5 Å². The topological polar surface area (TPSA) is 94.2 Å². The van der Waals surface area contributed by atoms with Crippen molar-refractivity contribution in [3.63, 3.8) is 0 Å². The third kappa shape index (κ3) is 4.34. The number of carbonyl (C=O) groups is 1. The predicted molar refractivity (Wildman–Crippen MR) is 87.7 cm³/mol. The number of anilines is 2. The zero-order valence-electron chi connectivity index (χ0n) is 12.8. The Balaban J connectivity index is 2.67. The third-order valence-corrected chi connectivity index (χ3v) is 4.48. The molecule has 0 saturated heterocycles. The number of nitrogens with zero attached hydrogens (tertiary/aromatic N) is 2. The monoisotopic (exact) mass is 309 g/mol. The van der Waals surface area contributed by atoms with Gasteiger partial charge in [-0.2, -0.15) is 5.26 Å². The number of hydrogen-bond acceptors (Lipinski definition) is 6. The SMILES string of the molecule is CCN(CC)CCCNc1sc(C(=O)NC)c(N)c1C#N. The molecule has 116 valence electrons. The largest absolute Gasteiger partial charge is 0.396 e. The van der Waals surface area contributed by atoms with Crippen LogP contribution in [0.2, 0.25) is 0 Å². The quantitative estimate of drug-likeness (QED) is 0.635. The molecule has 7 heteroatoms. The lowest BCUT2D eigenvalue weighted by Gasteiger charge is -2.17. The Kier molecular flexibility index (Phi) is 6.99. The van der Waals surface area contributed by atoms with Gasteiger partial charge >= 0.3 is 0 Å². The highest BCUT2D eigenvalue weighted by Crippen LogP contribution is 2.34. The molecule has 6 nitrogen and oxygen atoms in total. The number of hydrogen-bond donors (Lipinski definition) is 3. The van der Waals surface area contributed by atoms with Crippen molar-refractivity contribution in [3.8, 4) is 6.07 Å². The molecule has 0 aliphatic rings. The molecule has 0 aliphatic carbocycles. The van der Waals surface area contributed by atoms with Crippen molar-refractivity contribution in [2.45, 2.75) is 20.3 Å². The Hall–Kier alpha value is -1.78. The molecular weight excluding hydrogens is 286 g/mol. The first-order valence-electron chi connectivity index (χ1n) is 7.09. The van der Waals surface area contributed by atoms with E-state index in [0.29, 0.717) is 15.4 Å². The molecule has 0 spiro atoms. The van der Waals surface area contributed by atoms with E-state index in [-0.39, 0.29) is 11.6 Å². The van der Waals surface area contributed by atoms with Crippen LogP contribution < -0.4 is 16.4 Å². The highest BCUT2D eigenvalue weighted by atomic mass is 32.1. The highest BCUT2D eigenvalue weighted by Gasteiger charge is 2.19. The van der Waals surface area contributed by atoms with E-state index in [1.54, 1.807) is 7.05 Å². The molecular formula is C14H23N5OS. The van der Waals surface area contributed by atoms with Gasteiger partial charge in [-0.25, -0.2) is 0 Å². The van der Waals surface area contributed by atoms with Crippen LogP contribution >= 0.6 is 11.3 Å². The summed E-state index contributed by atoms with van der Waals surface area (Å²) >= 11 is 1.23. The van der Waals surface area contributed by atoms with Gasteiger partial charge in [0.1, 0.15) is 21.5 Å². The second-order valence-corrected chi connectivity index (χ2v) is 5.57. The van der Waals surface area contributed by atoms with E-state index < -0.39 is 0 Å². The summed E-state index contributed by atoms with van der Waals surface area (Å²) < 4.78 is 0. The molecule has 0 radical (unpaired) electrons. The fraction of sp³-hybridized carbons (Fsp3) is 0.571. The molecule has 1 aromatic heterocycles. The van der Waals surface area contributed by atoms with Crippen LogP contribution in [0.4, 0.5) is 10.7 Å². The summed E-state index contributed by atoms with van der Waals surface area (Å²) in [6.45, 7) is 8.10. The molecule has 0 aromatic carbocycles. The molecule has 1 rings (SSSR count). The molecule has 0 unspecified atom stereocenters. The van der Waals surface area contributed by atoms with Gasteiger partial charge in [0, 0.05) is 13.6 Å². The van der Waals surface area contributed by atoms with E-state index >= 15 is 0 Å². The molecule has 0 fully saturated rings. The minimum atomic E-state index is -0.259. The van der Waals surface area contributed by atoms with Crippen molar-refractivity contribution >= 4 is 27.9 Å². The van der Waals surface area contributed by atoms with Gasteiger partial charge in [0.25, 0.3) is 5.91 Å². The summed E-state index contributed by atoms with van der Waals surface area (Å²) in [6, 6.07) is 2.07. The number of thiophene rings is 1. The standard InChI is InChI=1S/C14H23N5OS/c1-4-19(5-2)8-6-7-18-14-10(9-15)11(16)12(21-14)13(20)17-3/h18H,4-8,16H2,1-3H3,(H,17,20). The van der Waals surface area contributed by atoms with Crippen molar-refractivity contribution in [1.29, 1.82) is 5.26 Å². The first kappa shape index (κ1) is 17.3. The average molecular weight is 309 g/mol. The maximum absolute atomic E-state index is 11.7. The Bertz CT molecular complexity index is 516. The van der Waals surface area contributed by atoms with E-state index in [0.717, 1.165) is 32.6 Å². The number of rotatable bonds is 8. The number of nitrogen functional groups attached to an aromatic ring is 1. The summed E-state index contributed by atoms with van der Waals surface area (Å²) in [6.07, 6.45) is 0.972. The van der Waals surface area contributed by atoms with Crippen LogP contribution in [0.5, 0.6) is 0 Å². The predicted octanol–water partition coefficient (Wildman–Crippen LogP) is 1.71. The number of carbonyl (C=O) groups excluding carboxylic acids is 1. The molecule has 4 N–H and O–H groups in total. The fourth-order valence-corrected chi connectivity index (χ4v) is 3.05. The zero-order chi connectivity index (χ0) is 15.8. The average Bonchev–Trinajstić information content (AvgIpc) is 2.82. The minimum Gasteiger partial charge on any atom is -0.396 e. The third-order valence-electron chi connectivity index (χ3n) is 3.32. The van der Waals surface area contributed by atoms with Crippen LogP contribution in [0.15, 0.2) is 0 Å². The molecule has 0 bridgehead atoms. The zero-order valence-corrected chi connectivity index (χ0v) is 13.6. The minimum absolute atomic E-state index is 0.257. The van der Waals surface area contributed by atoms with E-state index in [1.165, 1.54) is 11.3 Å². The van der Waals surface area contributed by atoms with Crippen molar-refractivity contribution < 1.29 is 4.79 Å². The second kappa shape index (κ2) is 8.49. The van der Waals surface area contributed by atoms with Crippen LogP contribution in [0.3, 0.4) is 0 Å². The molecule has 0 saturated carbocycles. The molecule has 1 amide bonds. The summed E-state index contributed by atoms with van der Waals surface area (Å²) in [5, 5.41) is 15.6. The lowest BCUT2D eigenvalue weighted by atomic mass is 10.2. The van der Waals surface area contributed by atoms with Gasteiger partial charge in [-0.1, -0.05) is 13.8 Å². The Morgan fingerprint density at radius 2 is 2.10 bits per heavy atom. The number of nitrogens with two attached hydrogens (primary N) is 1. The Labute approximate surface area is 129 Å². The molecule has 0 aliphatic heterocycles. The molecule has 1 heterocycles. The highest BCUT2D eigenvalue weighted by molar-refractivity contribution is 7.18. The number of nitrogens with one attached hydrogen (secondary N) is 2. The Morgan fingerprint density at radius 3 is 2.62 bits per heavy atom. The summed E-state index contributed by atoms with van der Waals surface area (Å²) in [5.41, 5.74) is 6.49. The van der Waals surface area contributed by atoms with Gasteiger partial charge < -0.3 is 21.3 Å². The summed E-state index contributed by atoms with van der Waals surface area (Å²) in [5.74, 6) is -0.259. The fourth-order valence-electron chi connectivity index (χ4n) is 2.01. The van der Waals surface area contributed by atoms with Gasteiger partial charge in [-0.3, -0.25) is 4.79 Å². The summed E-state index contributed by atoms with van der Waals surface area (Å²) in [7, 11) is 1.55. The summed E-state index contributed by atoms with van der Waals surface area (Å²) in [4.78, 5) is 14.4. The van der Waals surface area contributed by atoms with Gasteiger partial charge in [-0.05, 0) is 26.1 Å². The van der Waals surface area contributed by atoms with E-state index in [9.17, 15) is 10.1 Å². The maximum Gasteiger partial charge on any atom is 0.263 e. The van der Waals surface area contributed by atoms with Gasteiger partial charge in [-0.15, -0.1) is 11.3 Å². The Morgan fingerprint density at radius 1 is 1.43 bits per heavy atom. The normalized spacial score (nSPS) is 10.4. The van der Waals surface area contributed by atoms with Crippen molar-refractivity contribution in [2.24, 2.45) is 0 Å². The van der Waals surface area contributed by atoms with Crippen molar-refractivity contribution in [2.75, 3.05) is 44.3 Å². The van der Waals surface area contributed by atoms with Gasteiger partial charge in [0.05, 0.1) is 5.69 Å². The van der Waals surface area contributed by atoms with Gasteiger partial charge in [0.2, 0.25) is 0 Å². The molecule has 21 heavy (non-hydrogen) atoms. The van der Waals surface area contributed by atoms with Crippen LogP contribution in [0.25, 0.3) is 0 Å². The van der Waals surface area contributed by atoms with Gasteiger partial charge in [0.15, 0.2) is 0 Å². The second-order valence-electron chi connectivity index (χ2n) is 4.55. The lowest BCUT2D eigenvalue weighted by molar-refractivity contribution is 0.0968. The maximum atomic E-state index is 11.7. The number of nitriles is 1. The van der Waals surface area contributed by atoms with Crippen LogP contribution in [0, 0.1) is 11.3 Å². The van der Waals surface area contributed by atoms with E-state index in [1.807, 2.05) is 0 Å². The lowest BCUT2D eigenvalue weighted by Crippen LogP contribution is -2.25. The van der Waals surface area contributed by atoms with Crippen LogP contribution in [-0.2, 0) is 0 Å². The first-order chi connectivity index (χ1) is 10.1.